The second-order valence-electron chi connectivity index (χ2n) is 31.0. The Bertz CT molecular complexity index is 3760. The number of carboxylic acids is 1. The van der Waals surface area contributed by atoms with E-state index in [2.05, 4.69) is 55.2 Å². The highest BCUT2D eigenvalue weighted by molar-refractivity contribution is 7.80. The molecule has 43 nitrogen and oxygen atoms in total. The fourth-order valence-electron chi connectivity index (χ4n) is 17.7. The second kappa shape index (κ2) is 37.4. The first-order chi connectivity index (χ1) is 54.3. The molecule has 0 bridgehead atoms. The maximum absolute atomic E-state index is 14.4. The molecule has 11 heterocycles. The predicted octanol–water partition coefficient (Wildman–Crippen LogP) is -12.3. The van der Waals surface area contributed by atoms with Gasteiger partial charge in [-0.05, 0) is 70.8 Å². The van der Waals surface area contributed by atoms with Gasteiger partial charge in [-0.3, -0.25) is 86.3 Å². The van der Waals surface area contributed by atoms with E-state index >= 15 is 0 Å². The van der Waals surface area contributed by atoms with Gasteiger partial charge < -0.3 is 127 Å². The Kier molecular flexibility index (Phi) is 28.0. The number of carboxylic acid groups (broad SMARTS) is 1. The van der Waals surface area contributed by atoms with Crippen LogP contribution in [0.25, 0.3) is 0 Å². The molecule has 11 aliphatic rings. The fraction of sp³-hybridized carbons (Fsp3) is 0.743. The normalized spacial score (nSPS) is 30.2. The lowest BCUT2D eigenvalue weighted by Crippen LogP contribution is -2.57. The van der Waals surface area contributed by atoms with Gasteiger partial charge in [-0.1, -0.05) is 0 Å². The molecule has 17 amide bonds. The van der Waals surface area contributed by atoms with Gasteiger partial charge in [0.25, 0.3) is 0 Å². The van der Waals surface area contributed by atoms with Gasteiger partial charge in [-0.2, -0.15) is 12.6 Å². The van der Waals surface area contributed by atoms with E-state index in [4.69, 9.17) is 5.11 Å². The topological polar surface area (TPSA) is 578 Å². The highest BCUT2D eigenvalue weighted by Crippen LogP contribution is 2.32. The van der Waals surface area contributed by atoms with Crippen molar-refractivity contribution in [1.29, 1.82) is 0 Å². The van der Waals surface area contributed by atoms with Crippen LogP contribution in [-0.2, 0) is 86.3 Å². The molecule has 0 aromatic rings. The number of aliphatic hydroxyl groups excluding tert-OH is 6. The quantitative estimate of drug-likeness (QED) is 0.0358. The molecule has 114 heavy (non-hydrogen) atoms. The van der Waals surface area contributed by atoms with E-state index in [1.54, 1.807) is 0 Å². The summed E-state index contributed by atoms with van der Waals surface area (Å²) < 4.78 is 0. The summed E-state index contributed by atoms with van der Waals surface area (Å²) in [6, 6.07) is -13.9. The number of carbonyl (C=O) groups is 18. The SMILES string of the molecule is O=C(O)CNC(=O)[C@@H]1C[C@@H](O)CN1C(=O)[C@H](CS)NC(=O)CNC(=O)[C@@H]1C[C@@H](O)CN1C(=O)[C@@H]1CCCN1C(=O)CNC(=O)[C@@H]1C[C@@H](O)CN1C(=O)[C@@H]1CCCN1C(=O)CNC(=O)[C@@H]1C[C@@H](O)CN1C(=O)[C@@H]1CCCN1C(=O)CNC(=O)[C@@H]1C[C@@H](O)CN1C(=O)[C@@H]1CCCN1C(=O)CNC(=O)[C@@H]1C[C@@H](O)CN1C(=O)[C@@H]1CCCN1. The van der Waals surface area contributed by atoms with Gasteiger partial charge in [-0.25, -0.2) is 0 Å². The van der Waals surface area contributed by atoms with Gasteiger partial charge >= 0.3 is 5.97 Å². The van der Waals surface area contributed by atoms with Gasteiger partial charge in [-0.15, -0.1) is 0 Å². The Morgan fingerprint density at radius 2 is 0.588 bits per heavy atom. The minimum absolute atomic E-state index is 0.0226. The molecule has 0 unspecified atom stereocenters. The Hall–Kier alpha value is -9.47. The van der Waals surface area contributed by atoms with Gasteiger partial charge in [0.05, 0.1) is 75.4 Å². The molecule has 0 spiro atoms. The maximum Gasteiger partial charge on any atom is 0.322 e. The van der Waals surface area contributed by atoms with E-state index in [1.807, 2.05) is 0 Å². The molecule has 628 valence electrons. The fourth-order valence-corrected chi connectivity index (χ4v) is 18.0. The van der Waals surface area contributed by atoms with E-state index in [9.17, 15) is 117 Å². The molecule has 44 heteroatoms. The van der Waals surface area contributed by atoms with Crippen LogP contribution >= 0.6 is 12.6 Å². The number of hydrogen-bond donors (Lipinski definition) is 16. The summed E-state index contributed by atoms with van der Waals surface area (Å²) in [5.41, 5.74) is 0. The first-order valence-corrected chi connectivity index (χ1v) is 39.6. The van der Waals surface area contributed by atoms with E-state index in [0.717, 1.165) is 30.9 Å². The lowest BCUT2D eigenvalue weighted by atomic mass is 10.1. The molecule has 18 atom stereocenters. The van der Waals surface area contributed by atoms with Crippen LogP contribution < -0.4 is 42.5 Å². The summed E-state index contributed by atoms with van der Waals surface area (Å²) in [5.74, 6) is -14.1. The standard InChI is InChI=1S/C70H102N18O25S/c89-35-16-47(83(28-35)65(108)41-6-1-11-71-41)60(103)73-23-54(96)80-13-3-8-44(80)68(111)86-31-38(92)19-50(86)62(105)75-25-56(98)82-15-5-10-46(82)70(113)88-33-40(94)21-52(88)63(106)76-26-57(99)81-14-4-9-45(81)69(112)87-32-39(93)20-51(87)61(104)74-24-55(97)79-12-2-7-43(79)67(110)85-30-37(91)18-49(85)59(102)72-22-53(95)78-42(34-114)66(109)84-29-36(90)17-48(84)64(107)77-27-58(100)101/h35-52,71,89-94,114H,1-34H2,(H,72,102)(H,73,103)(H,74,104)(H,75,105)(H,76,106)(H,77,107)(H,78,95)(H,100,101)/t35-,36-,37-,38-,39-,40-,41+,42+,43+,44+,45+,46+,47+,48+,49+,50+,51+,52+/m1/s1. The van der Waals surface area contributed by atoms with Gasteiger partial charge in [0.1, 0.15) is 73.0 Å². The summed E-state index contributed by atoms with van der Waals surface area (Å²) in [6.45, 7) is -4.68. The van der Waals surface area contributed by atoms with Gasteiger partial charge in [0, 0.05) is 110 Å². The van der Waals surface area contributed by atoms with Crippen molar-refractivity contribution in [2.24, 2.45) is 0 Å². The van der Waals surface area contributed by atoms with Crippen molar-refractivity contribution in [3.8, 4) is 0 Å². The van der Waals surface area contributed by atoms with Gasteiger partial charge in [0.15, 0.2) is 0 Å². The number of β-amino-alcohol motifs (C(OH)–C–C–N with tert-alkyl or cyclic N) is 6. The average molecular weight is 1630 g/mol. The van der Waals surface area contributed by atoms with Crippen molar-refractivity contribution in [3.63, 3.8) is 0 Å². The molecule has 11 aliphatic heterocycles. The summed E-state index contributed by atoms with van der Waals surface area (Å²) in [4.78, 5) is 257. The molecule has 11 rings (SSSR count). The molecule has 0 radical (unpaired) electrons. The Labute approximate surface area is 658 Å². The van der Waals surface area contributed by atoms with E-state index in [-0.39, 0.29) is 141 Å². The molecule has 0 saturated carbocycles. The second-order valence-corrected chi connectivity index (χ2v) is 31.4. The molecule has 11 fully saturated rings. The predicted molar refractivity (Wildman–Crippen MR) is 388 cm³/mol. The molecule has 0 aliphatic carbocycles. The van der Waals surface area contributed by atoms with Crippen LogP contribution in [0.5, 0.6) is 0 Å². The van der Waals surface area contributed by atoms with Crippen molar-refractivity contribution in [1.82, 2.24) is 91.5 Å². The van der Waals surface area contributed by atoms with Crippen LogP contribution in [0.4, 0.5) is 0 Å². The lowest BCUT2D eigenvalue weighted by molar-refractivity contribution is -0.148. The van der Waals surface area contributed by atoms with Crippen molar-refractivity contribution in [2.75, 3.05) is 117 Å². The third-order valence-electron chi connectivity index (χ3n) is 23.3. The van der Waals surface area contributed by atoms with Crippen molar-refractivity contribution in [3.05, 3.63) is 0 Å². The molecule has 0 aromatic heterocycles. The minimum Gasteiger partial charge on any atom is -0.480 e. The van der Waals surface area contributed by atoms with Crippen LogP contribution in [0.2, 0.25) is 0 Å². The number of thiol groups is 1. The lowest BCUT2D eigenvalue weighted by Gasteiger charge is -2.32. The monoisotopic (exact) mass is 1630 g/mol. The van der Waals surface area contributed by atoms with Crippen molar-refractivity contribution >= 4 is 119 Å². The van der Waals surface area contributed by atoms with Crippen molar-refractivity contribution < 1.29 is 122 Å². The Morgan fingerprint density at radius 1 is 0.325 bits per heavy atom. The number of nitrogens with one attached hydrogen (secondary N) is 8. The summed E-state index contributed by atoms with van der Waals surface area (Å²) in [7, 11) is 0. The maximum atomic E-state index is 14.4. The number of aliphatic hydroxyl groups is 6. The molecular weight excluding hydrogens is 1520 g/mol. The highest BCUT2D eigenvalue weighted by atomic mass is 32.1. The van der Waals surface area contributed by atoms with Gasteiger partial charge in [0.2, 0.25) is 100 Å². The molecular formula is C70H102N18O25S. The van der Waals surface area contributed by atoms with Crippen LogP contribution in [-0.4, -0.2) is 417 Å². The number of hydrogen-bond acceptors (Lipinski definition) is 26. The zero-order chi connectivity index (χ0) is 82.3. The number of likely N-dealkylation sites (tertiary alicyclic amines) is 10. The number of carbonyl (C=O) groups excluding carboxylic acids is 17. The van der Waals surface area contributed by atoms with Crippen molar-refractivity contribution in [2.45, 2.75) is 212 Å². The highest BCUT2D eigenvalue weighted by Gasteiger charge is 2.52. The molecule has 11 saturated heterocycles. The molecule has 0 aromatic carbocycles. The van der Waals surface area contributed by atoms with E-state index in [0.29, 0.717) is 38.6 Å². The Balaban J connectivity index is 0.616. The van der Waals surface area contributed by atoms with Crippen LogP contribution in [0.3, 0.4) is 0 Å². The van der Waals surface area contributed by atoms with Crippen LogP contribution in [0, 0.1) is 0 Å². The summed E-state index contributed by atoms with van der Waals surface area (Å²) in [6.07, 6.45) is -4.70. The Morgan fingerprint density at radius 3 is 0.860 bits per heavy atom. The number of rotatable bonds is 26. The first-order valence-electron chi connectivity index (χ1n) is 38.9. The first kappa shape index (κ1) is 85.4. The zero-order valence-electron chi connectivity index (χ0n) is 62.8. The molecule has 15 N–H and O–H groups in total. The number of nitrogens with zero attached hydrogens (tertiary/aromatic N) is 10. The number of aliphatic carboxylic acids is 1. The number of amides is 17. The third-order valence-corrected chi connectivity index (χ3v) is 23.7. The average Bonchev–Trinajstić information content (AvgIpc) is 1.66. The van der Waals surface area contributed by atoms with E-state index in [1.165, 1.54) is 24.5 Å². The third kappa shape index (κ3) is 19.4. The van der Waals surface area contributed by atoms with Crippen LogP contribution in [0.15, 0.2) is 0 Å². The summed E-state index contributed by atoms with van der Waals surface area (Å²) >= 11 is 4.14. The van der Waals surface area contributed by atoms with E-state index < -0.39 is 249 Å². The largest absolute Gasteiger partial charge is 0.480 e. The zero-order valence-corrected chi connectivity index (χ0v) is 63.7. The summed E-state index contributed by atoms with van der Waals surface area (Å²) in [5, 5.41) is 92.9. The van der Waals surface area contributed by atoms with Crippen LogP contribution in [0.1, 0.15) is 103 Å². The minimum atomic E-state index is -1.37. The smallest absolute Gasteiger partial charge is 0.322 e.